The van der Waals surface area contributed by atoms with Gasteiger partial charge in [-0.05, 0) is 85.1 Å². The van der Waals surface area contributed by atoms with E-state index in [-0.39, 0.29) is 42.8 Å². The van der Waals surface area contributed by atoms with E-state index in [1.165, 1.54) is 14.2 Å². The van der Waals surface area contributed by atoms with E-state index in [1.54, 1.807) is 25.2 Å². The lowest BCUT2D eigenvalue weighted by Gasteiger charge is -2.55. The Labute approximate surface area is 243 Å². The number of fused-ring (bicyclic) bond motifs is 4. The van der Waals surface area contributed by atoms with E-state index < -0.39 is 35.0 Å². The van der Waals surface area contributed by atoms with Crippen molar-refractivity contribution in [2.75, 3.05) is 14.2 Å². The molecule has 4 aliphatic rings. The van der Waals surface area contributed by atoms with Crippen molar-refractivity contribution in [3.63, 3.8) is 0 Å². The van der Waals surface area contributed by atoms with Crippen LogP contribution < -0.4 is 0 Å². The van der Waals surface area contributed by atoms with Gasteiger partial charge in [0.25, 0.3) is 0 Å². The average molecular weight is 587 g/mol. The van der Waals surface area contributed by atoms with E-state index >= 15 is 0 Å². The molecule has 0 bridgehead atoms. The summed E-state index contributed by atoms with van der Waals surface area (Å²) in [6.07, 6.45) is 3.05. The molecule has 6 nitrogen and oxygen atoms in total. The molecule has 1 aromatic rings. The molecular formula is C33H37F3O6. The van der Waals surface area contributed by atoms with Crippen LogP contribution in [0.4, 0.5) is 13.2 Å². The van der Waals surface area contributed by atoms with Gasteiger partial charge in [0.1, 0.15) is 0 Å². The summed E-state index contributed by atoms with van der Waals surface area (Å²) in [5.74, 6) is -3.06. The molecule has 1 N–H and O–H groups in total. The highest BCUT2D eigenvalue weighted by Crippen LogP contribution is 2.69. The van der Waals surface area contributed by atoms with Crippen molar-refractivity contribution < 1.29 is 42.1 Å². The number of ether oxygens (including phenoxy) is 2. The highest BCUT2D eigenvalue weighted by molar-refractivity contribution is 5.95. The molecule has 5 atom stereocenters. The Hall–Kier alpha value is -3.20. The van der Waals surface area contributed by atoms with E-state index in [1.807, 2.05) is 24.3 Å². The predicted molar refractivity (Wildman–Crippen MR) is 149 cm³/mol. The number of ketones is 1. The lowest BCUT2D eigenvalue weighted by molar-refractivity contribution is -0.299. The number of hydrogen-bond acceptors (Lipinski definition) is 6. The van der Waals surface area contributed by atoms with Gasteiger partial charge in [0.2, 0.25) is 0 Å². The first-order valence-electron chi connectivity index (χ1n) is 14.5. The molecule has 226 valence electrons. The van der Waals surface area contributed by atoms with Crippen LogP contribution in [0.3, 0.4) is 0 Å². The third-order valence-corrected chi connectivity index (χ3v) is 10.3. The number of carbonyl (C=O) groups is 3. The summed E-state index contributed by atoms with van der Waals surface area (Å²) in [5.41, 5.74) is 0.858. The SMILES string of the molecule is COC(=O)C(C/C=C/c1ccc(C2CC3(C)C(CC[C@@]3(O)C(F)(F)F)C3CCC4=CC(=O)CCC4=C23)cc1)C(=O)OC. The lowest BCUT2D eigenvalue weighted by Crippen LogP contribution is -2.58. The zero-order valence-electron chi connectivity index (χ0n) is 24.1. The average Bonchev–Trinajstić information content (AvgIpc) is 3.25. The van der Waals surface area contributed by atoms with Crippen LogP contribution in [0.5, 0.6) is 0 Å². The Balaban J connectivity index is 1.49. The number of methoxy groups -OCH3 is 2. The molecule has 42 heavy (non-hydrogen) atoms. The van der Waals surface area contributed by atoms with Gasteiger partial charge >= 0.3 is 18.1 Å². The smallest absolute Gasteiger partial charge is 0.417 e. The molecule has 9 heteroatoms. The topological polar surface area (TPSA) is 89.9 Å². The second-order valence-corrected chi connectivity index (χ2v) is 12.3. The standard InChI is InChI=1S/C33H37F3O6/c1-31-18-26(20-9-7-19(8-10-20)5-4-6-25(29(38)41-2)30(39)42-3)28-23-14-12-22(37)17-21(23)11-13-24(28)27(31)15-16-32(31,40)33(34,35)36/h4-5,7-10,17,24-27,40H,6,11-16,18H2,1-3H3/b5-4+/t24?,26?,27?,31?,32-/m0/s1. The molecule has 0 aromatic heterocycles. The summed E-state index contributed by atoms with van der Waals surface area (Å²) < 4.78 is 52.7. The number of halogens is 3. The van der Waals surface area contributed by atoms with Crippen LogP contribution in [0.25, 0.3) is 6.08 Å². The zero-order valence-corrected chi connectivity index (χ0v) is 24.1. The third kappa shape index (κ3) is 4.93. The van der Waals surface area contributed by atoms with Gasteiger partial charge in [0.05, 0.1) is 14.2 Å². The van der Waals surface area contributed by atoms with Crippen molar-refractivity contribution >= 4 is 23.8 Å². The fourth-order valence-electron chi connectivity index (χ4n) is 8.18. The van der Waals surface area contributed by atoms with Crippen molar-refractivity contribution in [2.45, 2.75) is 76.0 Å². The van der Waals surface area contributed by atoms with Crippen molar-refractivity contribution in [1.82, 2.24) is 0 Å². The Morgan fingerprint density at radius 2 is 1.74 bits per heavy atom. The van der Waals surface area contributed by atoms with Crippen molar-refractivity contribution in [3.05, 3.63) is 64.3 Å². The highest BCUT2D eigenvalue weighted by Gasteiger charge is 2.72. The second-order valence-electron chi connectivity index (χ2n) is 12.3. The largest absolute Gasteiger partial charge is 0.468 e. The maximum atomic E-state index is 14.4. The molecule has 0 radical (unpaired) electrons. The van der Waals surface area contributed by atoms with Gasteiger partial charge in [-0.2, -0.15) is 13.2 Å². The molecule has 2 saturated carbocycles. The number of aliphatic hydroxyl groups is 1. The van der Waals surface area contributed by atoms with Crippen molar-refractivity contribution in [1.29, 1.82) is 0 Å². The van der Waals surface area contributed by atoms with Crippen LogP contribution in [0.15, 0.2) is 53.1 Å². The van der Waals surface area contributed by atoms with Gasteiger partial charge in [-0.3, -0.25) is 14.4 Å². The maximum Gasteiger partial charge on any atom is 0.417 e. The molecule has 5 rings (SSSR count). The zero-order chi connectivity index (χ0) is 30.4. The quantitative estimate of drug-likeness (QED) is 0.313. The fraction of sp³-hybridized carbons (Fsp3) is 0.545. The van der Waals surface area contributed by atoms with Crippen molar-refractivity contribution in [3.8, 4) is 0 Å². The summed E-state index contributed by atoms with van der Waals surface area (Å²) >= 11 is 0. The second kappa shape index (κ2) is 11.1. The Morgan fingerprint density at radius 1 is 1.07 bits per heavy atom. The Bertz CT molecular complexity index is 1340. The Morgan fingerprint density at radius 3 is 2.36 bits per heavy atom. The van der Waals surface area contributed by atoms with Crippen LogP contribution in [-0.4, -0.2) is 48.8 Å². The van der Waals surface area contributed by atoms with Crippen LogP contribution in [0, 0.1) is 23.2 Å². The maximum absolute atomic E-state index is 14.4. The number of alkyl halides is 3. The summed E-state index contributed by atoms with van der Waals surface area (Å²) in [7, 11) is 2.40. The first-order chi connectivity index (χ1) is 19.8. The van der Waals surface area contributed by atoms with E-state index in [0.29, 0.717) is 32.1 Å². The van der Waals surface area contributed by atoms with Gasteiger partial charge in [-0.1, -0.05) is 48.9 Å². The molecular weight excluding hydrogens is 549 g/mol. The number of allylic oxidation sites excluding steroid dienone is 5. The molecule has 4 unspecified atom stereocenters. The summed E-state index contributed by atoms with van der Waals surface area (Å²) in [6.45, 7) is 1.62. The number of rotatable bonds is 6. The lowest BCUT2D eigenvalue weighted by atomic mass is 9.51. The predicted octanol–water partition coefficient (Wildman–Crippen LogP) is 6.25. The molecule has 0 saturated heterocycles. The van der Waals surface area contributed by atoms with E-state index in [4.69, 9.17) is 9.47 Å². The van der Waals surface area contributed by atoms with Crippen LogP contribution in [-0.2, 0) is 23.9 Å². The first-order valence-corrected chi connectivity index (χ1v) is 14.5. The first kappa shape index (κ1) is 30.3. The molecule has 2 fully saturated rings. The number of hydrogen-bond donors (Lipinski definition) is 1. The molecule has 0 aliphatic heterocycles. The minimum absolute atomic E-state index is 0.0846. The number of benzene rings is 1. The van der Waals surface area contributed by atoms with Crippen LogP contribution in [0.2, 0.25) is 0 Å². The fourth-order valence-corrected chi connectivity index (χ4v) is 8.18. The third-order valence-electron chi connectivity index (χ3n) is 10.3. The summed E-state index contributed by atoms with van der Waals surface area (Å²) in [6, 6.07) is 7.54. The van der Waals surface area contributed by atoms with Gasteiger partial charge in [-0.25, -0.2) is 0 Å². The molecule has 0 amide bonds. The van der Waals surface area contributed by atoms with Crippen LogP contribution >= 0.6 is 0 Å². The minimum atomic E-state index is -4.73. The summed E-state index contributed by atoms with van der Waals surface area (Å²) in [4.78, 5) is 36.1. The monoisotopic (exact) mass is 586 g/mol. The molecule has 1 aromatic carbocycles. The van der Waals surface area contributed by atoms with Gasteiger partial charge in [0, 0.05) is 17.8 Å². The van der Waals surface area contributed by atoms with Gasteiger partial charge in [-0.15, -0.1) is 0 Å². The summed E-state index contributed by atoms with van der Waals surface area (Å²) in [5, 5.41) is 11.2. The molecule has 0 heterocycles. The van der Waals surface area contributed by atoms with Crippen LogP contribution in [0.1, 0.15) is 75.3 Å². The van der Waals surface area contributed by atoms with E-state index in [0.717, 1.165) is 27.8 Å². The number of carbonyl (C=O) groups excluding carboxylic acids is 3. The van der Waals surface area contributed by atoms with Crippen molar-refractivity contribution in [2.24, 2.45) is 23.2 Å². The number of esters is 2. The normalized spacial score (nSPS) is 31.0. The minimum Gasteiger partial charge on any atom is -0.468 e. The molecule has 0 spiro atoms. The molecule has 4 aliphatic carbocycles. The highest BCUT2D eigenvalue weighted by atomic mass is 19.4. The van der Waals surface area contributed by atoms with E-state index in [2.05, 4.69) is 0 Å². The Kier molecular flexibility index (Phi) is 8.02. The van der Waals surface area contributed by atoms with Gasteiger partial charge < -0.3 is 14.6 Å². The van der Waals surface area contributed by atoms with Gasteiger partial charge in [0.15, 0.2) is 17.3 Å². The van der Waals surface area contributed by atoms with E-state index in [9.17, 15) is 32.7 Å².